The summed E-state index contributed by atoms with van der Waals surface area (Å²) in [6, 6.07) is 4.51. The average Bonchev–Trinajstić information content (AvgIpc) is 2.46. The normalized spacial score (nSPS) is 10.6. The predicted molar refractivity (Wildman–Crippen MR) is 75.5 cm³/mol. The Morgan fingerprint density at radius 3 is 2.57 bits per heavy atom. The molecule has 1 aromatic heterocycles. The van der Waals surface area contributed by atoms with Crippen LogP contribution in [0.2, 0.25) is 0 Å². The molecule has 0 atom stereocenters. The molecule has 7 nitrogen and oxygen atoms in total. The molecular formula is C14H15NO6. The highest BCUT2D eigenvalue weighted by atomic mass is 16.5. The third-order valence-electron chi connectivity index (χ3n) is 2.90. The van der Waals surface area contributed by atoms with Crippen molar-refractivity contribution < 1.29 is 24.1 Å². The van der Waals surface area contributed by atoms with E-state index in [2.05, 4.69) is 4.98 Å². The summed E-state index contributed by atoms with van der Waals surface area (Å²) in [6.07, 6.45) is 0. The van der Waals surface area contributed by atoms with Crippen LogP contribution in [0.15, 0.2) is 23.0 Å². The van der Waals surface area contributed by atoms with Crippen molar-refractivity contribution >= 4 is 16.9 Å². The van der Waals surface area contributed by atoms with E-state index in [0.717, 1.165) is 0 Å². The summed E-state index contributed by atoms with van der Waals surface area (Å²) in [5.41, 5.74) is -0.515. The molecule has 0 radical (unpaired) electrons. The van der Waals surface area contributed by atoms with E-state index < -0.39 is 11.5 Å². The molecule has 0 spiro atoms. The number of pyridine rings is 1. The summed E-state index contributed by atoms with van der Waals surface area (Å²) in [4.78, 5) is 25.2. The summed E-state index contributed by atoms with van der Waals surface area (Å²) in [5, 5.41) is 9.50. The van der Waals surface area contributed by atoms with Crippen LogP contribution in [-0.4, -0.2) is 43.5 Å². The minimum atomic E-state index is -1.28. The first kappa shape index (κ1) is 14.9. The Hall–Kier alpha value is -2.54. The van der Waals surface area contributed by atoms with Crippen LogP contribution in [0.1, 0.15) is 10.4 Å². The second kappa shape index (κ2) is 6.27. The van der Waals surface area contributed by atoms with Gasteiger partial charge in [-0.25, -0.2) is 4.79 Å². The van der Waals surface area contributed by atoms with E-state index in [1.807, 2.05) is 0 Å². The van der Waals surface area contributed by atoms with Gasteiger partial charge in [-0.15, -0.1) is 0 Å². The van der Waals surface area contributed by atoms with Crippen LogP contribution in [0.25, 0.3) is 10.9 Å². The number of H-pyrrole nitrogens is 1. The monoisotopic (exact) mass is 293 g/mol. The van der Waals surface area contributed by atoms with Gasteiger partial charge in [0.25, 0.3) is 5.56 Å². The minimum Gasteiger partial charge on any atom is -0.493 e. The van der Waals surface area contributed by atoms with Crippen molar-refractivity contribution in [3.8, 4) is 11.5 Å². The topological polar surface area (TPSA) is 97.9 Å². The number of hydrogen-bond donors (Lipinski definition) is 2. The van der Waals surface area contributed by atoms with Crippen LogP contribution in [-0.2, 0) is 4.74 Å². The molecule has 7 heteroatoms. The minimum absolute atomic E-state index is 0.322. The number of fused-ring (bicyclic) bond motifs is 1. The lowest BCUT2D eigenvalue weighted by Crippen LogP contribution is -2.17. The SMILES string of the molecule is COCCOc1cc2[nH]c(=O)c(C(=O)O)cc2cc1OC. The van der Waals surface area contributed by atoms with E-state index in [1.54, 1.807) is 19.2 Å². The zero-order chi connectivity index (χ0) is 15.4. The highest BCUT2D eigenvalue weighted by Crippen LogP contribution is 2.31. The number of carbonyl (C=O) groups is 1. The van der Waals surface area contributed by atoms with Gasteiger partial charge in [-0.3, -0.25) is 4.79 Å². The number of aromatic carboxylic acids is 1. The van der Waals surface area contributed by atoms with E-state index in [-0.39, 0.29) is 5.56 Å². The Morgan fingerprint density at radius 2 is 1.95 bits per heavy atom. The van der Waals surface area contributed by atoms with Crippen LogP contribution < -0.4 is 15.0 Å². The highest BCUT2D eigenvalue weighted by Gasteiger charge is 2.13. The molecule has 2 rings (SSSR count). The third-order valence-corrected chi connectivity index (χ3v) is 2.90. The lowest BCUT2D eigenvalue weighted by Gasteiger charge is -2.12. The molecule has 0 aliphatic heterocycles. The molecule has 2 aromatic rings. The number of ether oxygens (including phenoxy) is 3. The van der Waals surface area contributed by atoms with E-state index in [1.165, 1.54) is 13.2 Å². The zero-order valence-corrected chi connectivity index (χ0v) is 11.6. The molecule has 0 fully saturated rings. The number of aromatic amines is 1. The Morgan fingerprint density at radius 1 is 1.19 bits per heavy atom. The molecule has 0 saturated carbocycles. The van der Waals surface area contributed by atoms with Gasteiger partial charge >= 0.3 is 5.97 Å². The summed E-state index contributed by atoms with van der Waals surface area (Å²) < 4.78 is 15.6. The molecule has 0 aliphatic carbocycles. The molecule has 0 unspecified atom stereocenters. The second-order valence-corrected chi connectivity index (χ2v) is 4.25. The lowest BCUT2D eigenvalue weighted by molar-refractivity contribution is 0.0695. The van der Waals surface area contributed by atoms with Crippen LogP contribution in [0.5, 0.6) is 11.5 Å². The van der Waals surface area contributed by atoms with Crippen LogP contribution in [0.3, 0.4) is 0 Å². The van der Waals surface area contributed by atoms with Gasteiger partial charge < -0.3 is 24.3 Å². The van der Waals surface area contributed by atoms with Gasteiger partial charge in [0.05, 0.1) is 19.2 Å². The largest absolute Gasteiger partial charge is 0.493 e. The molecule has 0 saturated heterocycles. The molecular weight excluding hydrogens is 278 g/mol. The first-order valence-electron chi connectivity index (χ1n) is 6.17. The lowest BCUT2D eigenvalue weighted by atomic mass is 10.1. The number of carboxylic acids is 1. The molecule has 2 N–H and O–H groups in total. The van der Waals surface area contributed by atoms with E-state index in [4.69, 9.17) is 19.3 Å². The van der Waals surface area contributed by atoms with Crippen molar-refractivity contribution in [2.24, 2.45) is 0 Å². The van der Waals surface area contributed by atoms with Crippen molar-refractivity contribution in [1.82, 2.24) is 4.98 Å². The maximum Gasteiger partial charge on any atom is 0.341 e. The molecule has 1 heterocycles. The van der Waals surface area contributed by atoms with Gasteiger partial charge in [-0.05, 0) is 12.1 Å². The van der Waals surface area contributed by atoms with Crippen molar-refractivity contribution in [3.05, 3.63) is 34.1 Å². The Labute approximate surface area is 120 Å². The second-order valence-electron chi connectivity index (χ2n) is 4.25. The van der Waals surface area contributed by atoms with Gasteiger partial charge in [-0.1, -0.05) is 0 Å². The van der Waals surface area contributed by atoms with Gasteiger partial charge in [0, 0.05) is 18.6 Å². The van der Waals surface area contributed by atoms with E-state index in [0.29, 0.717) is 35.6 Å². The molecule has 0 amide bonds. The molecule has 0 bridgehead atoms. The quantitative estimate of drug-likeness (QED) is 0.778. The van der Waals surface area contributed by atoms with Crippen molar-refractivity contribution in [1.29, 1.82) is 0 Å². The van der Waals surface area contributed by atoms with Crippen molar-refractivity contribution in [3.63, 3.8) is 0 Å². The number of aromatic nitrogens is 1. The Bertz CT molecular complexity index is 721. The smallest absolute Gasteiger partial charge is 0.341 e. The molecule has 1 aromatic carbocycles. The van der Waals surface area contributed by atoms with E-state index in [9.17, 15) is 9.59 Å². The molecule has 0 aliphatic rings. The standard InChI is InChI=1S/C14H15NO6/c1-19-3-4-21-12-7-10-8(6-11(12)20-2)5-9(14(17)18)13(16)15-10/h5-7H,3-4H2,1-2H3,(H,15,16)(H,17,18). The van der Waals surface area contributed by atoms with Crippen molar-refractivity contribution in [2.75, 3.05) is 27.4 Å². The van der Waals surface area contributed by atoms with Gasteiger partial charge in [0.15, 0.2) is 11.5 Å². The van der Waals surface area contributed by atoms with Gasteiger partial charge in [-0.2, -0.15) is 0 Å². The van der Waals surface area contributed by atoms with Crippen molar-refractivity contribution in [2.45, 2.75) is 0 Å². The summed E-state index contributed by atoms with van der Waals surface area (Å²) in [6.45, 7) is 0.742. The number of nitrogens with one attached hydrogen (secondary N) is 1. The Kier molecular flexibility index (Phi) is 4.44. The number of rotatable bonds is 6. The third kappa shape index (κ3) is 3.14. The number of hydrogen-bond acceptors (Lipinski definition) is 5. The first-order valence-corrected chi connectivity index (χ1v) is 6.17. The fraction of sp³-hybridized carbons (Fsp3) is 0.286. The van der Waals surface area contributed by atoms with Crippen LogP contribution in [0, 0.1) is 0 Å². The fourth-order valence-corrected chi connectivity index (χ4v) is 1.88. The molecule has 112 valence electrons. The maximum absolute atomic E-state index is 11.7. The zero-order valence-electron chi connectivity index (χ0n) is 11.6. The average molecular weight is 293 g/mol. The fourth-order valence-electron chi connectivity index (χ4n) is 1.88. The number of carboxylic acid groups (broad SMARTS) is 1. The summed E-state index contributed by atoms with van der Waals surface area (Å²) in [5.74, 6) is -0.389. The Balaban J connectivity index is 2.51. The number of methoxy groups -OCH3 is 2. The summed E-state index contributed by atoms with van der Waals surface area (Å²) in [7, 11) is 3.04. The van der Waals surface area contributed by atoms with Gasteiger partial charge in [0.1, 0.15) is 12.2 Å². The first-order chi connectivity index (χ1) is 10.1. The predicted octanol–water partition coefficient (Wildman–Crippen LogP) is 1.26. The summed E-state index contributed by atoms with van der Waals surface area (Å²) >= 11 is 0. The number of benzene rings is 1. The maximum atomic E-state index is 11.7. The van der Waals surface area contributed by atoms with E-state index >= 15 is 0 Å². The van der Waals surface area contributed by atoms with Gasteiger partial charge in [0.2, 0.25) is 0 Å². The highest BCUT2D eigenvalue weighted by molar-refractivity contribution is 5.93. The van der Waals surface area contributed by atoms with Crippen LogP contribution in [0.4, 0.5) is 0 Å². The van der Waals surface area contributed by atoms with Crippen LogP contribution >= 0.6 is 0 Å². The molecule has 21 heavy (non-hydrogen) atoms.